The number of ether oxygens (including phenoxy) is 1. The number of amides is 2. The molecule has 2 N–H and O–H groups in total. The molecule has 1 atom stereocenters. The normalized spacial score (nSPS) is 11.9. The van der Waals surface area contributed by atoms with Crippen molar-refractivity contribution in [2.45, 2.75) is 19.9 Å². The molecule has 0 aromatic carbocycles. The second-order valence-corrected chi connectivity index (χ2v) is 3.05. The van der Waals surface area contributed by atoms with Gasteiger partial charge in [0.25, 0.3) is 0 Å². The van der Waals surface area contributed by atoms with Crippen molar-refractivity contribution in [3.63, 3.8) is 0 Å². The number of carbonyl (C=O) groups is 2. The Balaban J connectivity index is 3.84. The molecule has 1 unspecified atom stereocenters. The molecule has 0 aliphatic carbocycles. The van der Waals surface area contributed by atoms with Crippen LogP contribution in [0.1, 0.15) is 13.8 Å². The molecule has 6 nitrogen and oxygen atoms in total. The summed E-state index contributed by atoms with van der Waals surface area (Å²) in [5.74, 6) is -1.03. The van der Waals surface area contributed by atoms with Gasteiger partial charge in [0, 0.05) is 20.2 Å². The van der Waals surface area contributed by atoms with Gasteiger partial charge in [0.05, 0.1) is 6.61 Å². The van der Waals surface area contributed by atoms with E-state index in [-0.39, 0.29) is 0 Å². The smallest absolute Gasteiger partial charge is 0.326 e. The molecular weight excluding hydrogens is 200 g/mol. The summed E-state index contributed by atoms with van der Waals surface area (Å²) in [6, 6.07) is -1.25. The largest absolute Gasteiger partial charge is 0.480 e. The molecule has 0 aromatic rings. The van der Waals surface area contributed by atoms with Crippen LogP contribution in [0.2, 0.25) is 0 Å². The summed E-state index contributed by atoms with van der Waals surface area (Å²) >= 11 is 0. The van der Waals surface area contributed by atoms with Crippen LogP contribution in [0.25, 0.3) is 0 Å². The molecule has 0 aliphatic heterocycles. The van der Waals surface area contributed by atoms with Crippen molar-refractivity contribution in [3.8, 4) is 0 Å². The molecule has 0 bridgehead atoms. The average molecular weight is 218 g/mol. The number of carboxylic acid groups (broad SMARTS) is 1. The van der Waals surface area contributed by atoms with E-state index in [1.54, 1.807) is 0 Å². The molecule has 0 aliphatic rings. The number of carboxylic acids is 1. The van der Waals surface area contributed by atoms with Crippen LogP contribution in [0.3, 0.4) is 0 Å². The van der Waals surface area contributed by atoms with Gasteiger partial charge in [0.1, 0.15) is 6.04 Å². The fourth-order valence-corrected chi connectivity index (χ4v) is 0.841. The number of hydrogen-bond acceptors (Lipinski definition) is 3. The van der Waals surface area contributed by atoms with Gasteiger partial charge in [-0.15, -0.1) is 0 Å². The van der Waals surface area contributed by atoms with Crippen molar-refractivity contribution in [1.82, 2.24) is 10.2 Å². The first-order chi connectivity index (χ1) is 7.00. The number of aliphatic carboxylic acids is 1. The number of hydrogen-bond donors (Lipinski definition) is 2. The number of likely N-dealkylation sites (N-methyl/N-ethyl adjacent to an activating group) is 1. The summed E-state index contributed by atoms with van der Waals surface area (Å²) in [5, 5.41) is 11.2. The molecule has 6 heteroatoms. The second kappa shape index (κ2) is 7.05. The first-order valence-electron chi connectivity index (χ1n) is 4.81. The summed E-state index contributed by atoms with van der Waals surface area (Å²) in [7, 11) is 1.44. The van der Waals surface area contributed by atoms with Crippen molar-refractivity contribution in [3.05, 3.63) is 0 Å². The molecule has 0 radical (unpaired) electrons. The molecule has 88 valence electrons. The van der Waals surface area contributed by atoms with Gasteiger partial charge in [-0.3, -0.25) is 0 Å². The predicted molar refractivity (Wildman–Crippen MR) is 54.8 cm³/mol. The highest BCUT2D eigenvalue weighted by Crippen LogP contribution is 1.95. The van der Waals surface area contributed by atoms with Crippen LogP contribution in [-0.2, 0) is 9.53 Å². The Morgan fingerprint density at radius 1 is 1.53 bits per heavy atom. The summed E-state index contributed by atoms with van der Waals surface area (Å²) in [6.45, 7) is 4.71. The molecule has 15 heavy (non-hydrogen) atoms. The topological polar surface area (TPSA) is 78.9 Å². The van der Waals surface area contributed by atoms with E-state index in [4.69, 9.17) is 9.84 Å². The maximum Gasteiger partial charge on any atom is 0.326 e. The Bertz CT molecular complexity index is 220. The third-order valence-electron chi connectivity index (χ3n) is 1.99. The Morgan fingerprint density at radius 3 is 2.60 bits per heavy atom. The summed E-state index contributed by atoms with van der Waals surface area (Å²) in [5.41, 5.74) is 0. The molecule has 0 spiro atoms. The standard InChI is InChI=1S/C9H18N2O4/c1-4-15-6-5-10-9(14)11(3)7(2)8(12)13/h7H,4-6H2,1-3H3,(H,10,14)(H,12,13). The number of urea groups is 1. The van der Waals surface area contributed by atoms with Crippen LogP contribution < -0.4 is 5.32 Å². The highest BCUT2D eigenvalue weighted by atomic mass is 16.5. The summed E-state index contributed by atoms with van der Waals surface area (Å²) in [4.78, 5) is 23.1. The molecule has 0 fully saturated rings. The Kier molecular flexibility index (Phi) is 6.44. The minimum atomic E-state index is -1.03. The lowest BCUT2D eigenvalue weighted by atomic mass is 10.3. The predicted octanol–water partition coefficient (Wildman–Crippen LogP) is 0.137. The minimum Gasteiger partial charge on any atom is -0.480 e. The SMILES string of the molecule is CCOCCNC(=O)N(C)C(C)C(=O)O. The van der Waals surface area contributed by atoms with E-state index in [0.717, 1.165) is 4.90 Å². The van der Waals surface area contributed by atoms with E-state index < -0.39 is 18.0 Å². The molecule has 0 aromatic heterocycles. The number of nitrogens with zero attached hydrogens (tertiary/aromatic N) is 1. The van der Waals surface area contributed by atoms with Gasteiger partial charge in [0.2, 0.25) is 0 Å². The first kappa shape index (κ1) is 13.7. The zero-order chi connectivity index (χ0) is 11.8. The van der Waals surface area contributed by atoms with Crippen LogP contribution in [0, 0.1) is 0 Å². The number of carbonyl (C=O) groups excluding carboxylic acids is 1. The van der Waals surface area contributed by atoms with Crippen LogP contribution in [0.4, 0.5) is 4.79 Å². The molecule has 2 amide bonds. The van der Waals surface area contributed by atoms with Gasteiger partial charge < -0.3 is 20.1 Å². The van der Waals surface area contributed by atoms with Crippen molar-refractivity contribution in [2.24, 2.45) is 0 Å². The molecular formula is C9H18N2O4. The highest BCUT2D eigenvalue weighted by molar-refractivity contribution is 5.82. The van der Waals surface area contributed by atoms with Crippen LogP contribution in [0.5, 0.6) is 0 Å². The monoisotopic (exact) mass is 218 g/mol. The molecule has 0 heterocycles. The van der Waals surface area contributed by atoms with Gasteiger partial charge in [-0.1, -0.05) is 0 Å². The van der Waals surface area contributed by atoms with Crippen molar-refractivity contribution in [1.29, 1.82) is 0 Å². The van der Waals surface area contributed by atoms with Gasteiger partial charge in [-0.2, -0.15) is 0 Å². The maximum atomic E-state index is 11.3. The lowest BCUT2D eigenvalue weighted by molar-refractivity contribution is -0.141. The quantitative estimate of drug-likeness (QED) is 0.621. The molecule has 0 saturated heterocycles. The first-order valence-corrected chi connectivity index (χ1v) is 4.81. The summed E-state index contributed by atoms with van der Waals surface area (Å²) in [6.07, 6.45) is 0. The van der Waals surface area contributed by atoms with Crippen molar-refractivity contribution in [2.75, 3.05) is 26.8 Å². The average Bonchev–Trinajstić information content (AvgIpc) is 2.21. The zero-order valence-electron chi connectivity index (χ0n) is 9.32. The fourth-order valence-electron chi connectivity index (χ4n) is 0.841. The van der Waals surface area contributed by atoms with Crippen LogP contribution in [0.15, 0.2) is 0 Å². The van der Waals surface area contributed by atoms with Crippen LogP contribution >= 0.6 is 0 Å². The lowest BCUT2D eigenvalue weighted by Crippen LogP contribution is -2.46. The Labute approximate surface area is 89.2 Å². The second-order valence-electron chi connectivity index (χ2n) is 3.05. The molecule has 0 rings (SSSR count). The Morgan fingerprint density at radius 2 is 2.13 bits per heavy atom. The van der Waals surface area contributed by atoms with E-state index in [2.05, 4.69) is 5.32 Å². The number of nitrogens with one attached hydrogen (secondary N) is 1. The van der Waals surface area contributed by atoms with Gasteiger partial charge in [-0.25, -0.2) is 9.59 Å². The van der Waals surface area contributed by atoms with E-state index in [0.29, 0.717) is 19.8 Å². The molecule has 0 saturated carbocycles. The van der Waals surface area contributed by atoms with Gasteiger partial charge in [0.15, 0.2) is 0 Å². The fraction of sp³-hybridized carbons (Fsp3) is 0.778. The van der Waals surface area contributed by atoms with Crippen LogP contribution in [-0.4, -0.2) is 54.9 Å². The number of rotatable bonds is 6. The third kappa shape index (κ3) is 5.21. The van der Waals surface area contributed by atoms with Crippen molar-refractivity contribution >= 4 is 12.0 Å². The van der Waals surface area contributed by atoms with E-state index in [9.17, 15) is 9.59 Å². The summed E-state index contributed by atoms with van der Waals surface area (Å²) < 4.78 is 5.02. The Hall–Kier alpha value is -1.30. The van der Waals surface area contributed by atoms with Crippen molar-refractivity contribution < 1.29 is 19.4 Å². The van der Waals surface area contributed by atoms with E-state index >= 15 is 0 Å². The van der Waals surface area contributed by atoms with E-state index in [1.165, 1.54) is 14.0 Å². The minimum absolute atomic E-state index is 0.378. The third-order valence-corrected chi connectivity index (χ3v) is 1.99. The van der Waals surface area contributed by atoms with Gasteiger partial charge >= 0.3 is 12.0 Å². The van der Waals surface area contributed by atoms with E-state index in [1.807, 2.05) is 6.92 Å². The maximum absolute atomic E-state index is 11.3. The zero-order valence-corrected chi connectivity index (χ0v) is 9.32. The van der Waals surface area contributed by atoms with Gasteiger partial charge in [-0.05, 0) is 13.8 Å². The lowest BCUT2D eigenvalue weighted by Gasteiger charge is -2.21. The highest BCUT2D eigenvalue weighted by Gasteiger charge is 2.20.